The second-order valence-corrected chi connectivity index (χ2v) is 7.97. The van der Waals surface area contributed by atoms with Crippen molar-refractivity contribution in [3.63, 3.8) is 0 Å². The average Bonchev–Trinajstić information content (AvgIpc) is 2.43. The Bertz CT molecular complexity index is 548. The largest absolute Gasteiger partial charge is 0.396 e. The lowest BCUT2D eigenvalue weighted by Gasteiger charge is -2.16. The first-order valence-corrected chi connectivity index (χ1v) is 9.24. The van der Waals surface area contributed by atoms with Crippen LogP contribution in [0.5, 0.6) is 0 Å². The molecule has 0 unspecified atom stereocenters. The molecule has 0 radical (unpaired) electrons. The van der Waals surface area contributed by atoms with E-state index in [0.29, 0.717) is 12.2 Å². The topological polar surface area (TPSA) is 95.7 Å². The van der Waals surface area contributed by atoms with Gasteiger partial charge in [-0.15, -0.1) is 0 Å². The number of hydrogen-bond acceptors (Lipinski definition) is 6. The molecule has 0 spiro atoms. The summed E-state index contributed by atoms with van der Waals surface area (Å²) in [5.41, 5.74) is 6.83. The fourth-order valence-corrected chi connectivity index (χ4v) is 3.46. The third kappa shape index (κ3) is 5.06. The molecular weight excluding hydrogens is 310 g/mol. The summed E-state index contributed by atoms with van der Waals surface area (Å²) in [6.07, 6.45) is 0.781. The van der Waals surface area contributed by atoms with Crippen LogP contribution in [0.25, 0.3) is 0 Å². The number of para-hydroxylation sites is 1. The van der Waals surface area contributed by atoms with E-state index in [0.717, 1.165) is 22.2 Å². The quantitative estimate of drug-likeness (QED) is 0.462. The zero-order valence-electron chi connectivity index (χ0n) is 12.4. The van der Waals surface area contributed by atoms with Crippen LogP contribution in [0.4, 0.5) is 11.4 Å². The van der Waals surface area contributed by atoms with E-state index in [4.69, 9.17) is 10.8 Å². The molecule has 0 fully saturated rings. The lowest BCUT2D eigenvalue weighted by atomic mass is 10.2. The van der Waals surface area contributed by atoms with Crippen LogP contribution in [0.2, 0.25) is 0 Å². The van der Waals surface area contributed by atoms with Crippen molar-refractivity contribution in [1.82, 2.24) is 4.31 Å². The van der Waals surface area contributed by atoms with Crippen LogP contribution < -0.4 is 11.1 Å². The van der Waals surface area contributed by atoms with Crippen LogP contribution in [0.15, 0.2) is 23.1 Å². The Hall–Kier alpha value is -0.960. The van der Waals surface area contributed by atoms with Gasteiger partial charge in [-0.3, -0.25) is 0 Å². The fourth-order valence-electron chi connectivity index (χ4n) is 1.65. The van der Waals surface area contributed by atoms with Gasteiger partial charge in [0.25, 0.3) is 0 Å². The van der Waals surface area contributed by atoms with Crippen LogP contribution >= 0.6 is 11.8 Å². The van der Waals surface area contributed by atoms with Gasteiger partial charge in [0.15, 0.2) is 0 Å². The average molecular weight is 333 g/mol. The molecule has 1 rings (SSSR count). The molecule has 0 aliphatic rings. The van der Waals surface area contributed by atoms with Crippen molar-refractivity contribution in [2.75, 3.05) is 49.8 Å². The Balaban J connectivity index is 2.69. The summed E-state index contributed by atoms with van der Waals surface area (Å²) in [7, 11) is -0.580. The van der Waals surface area contributed by atoms with Gasteiger partial charge in [-0.25, -0.2) is 12.7 Å². The zero-order chi connectivity index (χ0) is 15.9. The van der Waals surface area contributed by atoms with Crippen molar-refractivity contribution >= 4 is 33.2 Å². The number of rotatable bonds is 9. The Morgan fingerprint density at radius 3 is 2.67 bits per heavy atom. The fraction of sp³-hybridized carbons (Fsp3) is 0.538. The molecule has 0 bridgehead atoms. The summed E-state index contributed by atoms with van der Waals surface area (Å²) >= 11 is 1.73. The van der Waals surface area contributed by atoms with Gasteiger partial charge < -0.3 is 16.2 Å². The molecule has 21 heavy (non-hydrogen) atoms. The molecule has 1 aromatic carbocycles. The van der Waals surface area contributed by atoms with E-state index < -0.39 is 10.0 Å². The molecule has 0 atom stereocenters. The summed E-state index contributed by atoms with van der Waals surface area (Å²) in [5, 5.41) is 11.8. The third-order valence-corrected chi connectivity index (χ3v) is 5.78. The van der Waals surface area contributed by atoms with Crippen molar-refractivity contribution in [2.45, 2.75) is 11.3 Å². The SMILES string of the molecule is CN(C)S(=O)(=O)c1cccc(NCCSCCCO)c1N. The van der Waals surface area contributed by atoms with Crippen LogP contribution in [0.1, 0.15) is 6.42 Å². The molecule has 0 amide bonds. The number of benzene rings is 1. The predicted octanol–water partition coefficient (Wildman–Crippen LogP) is 1.05. The minimum absolute atomic E-state index is 0.116. The number of nitrogens with one attached hydrogen (secondary N) is 1. The first kappa shape index (κ1) is 18.1. The van der Waals surface area contributed by atoms with E-state index in [1.165, 1.54) is 20.2 Å². The monoisotopic (exact) mass is 333 g/mol. The number of sulfonamides is 1. The molecule has 0 saturated carbocycles. The van der Waals surface area contributed by atoms with Gasteiger partial charge in [-0.05, 0) is 24.3 Å². The summed E-state index contributed by atoms with van der Waals surface area (Å²) in [6.45, 7) is 0.892. The summed E-state index contributed by atoms with van der Waals surface area (Å²) < 4.78 is 25.4. The molecule has 4 N–H and O–H groups in total. The molecule has 0 saturated heterocycles. The van der Waals surface area contributed by atoms with Crippen LogP contribution in [0.3, 0.4) is 0 Å². The lowest BCUT2D eigenvalue weighted by molar-refractivity contribution is 0.296. The molecule has 0 heterocycles. The highest BCUT2D eigenvalue weighted by atomic mass is 32.2. The normalized spacial score (nSPS) is 11.8. The Kier molecular flexibility index (Phi) is 7.30. The van der Waals surface area contributed by atoms with Gasteiger partial charge in [0.05, 0.1) is 11.4 Å². The molecule has 120 valence electrons. The minimum Gasteiger partial charge on any atom is -0.396 e. The smallest absolute Gasteiger partial charge is 0.244 e. The van der Waals surface area contributed by atoms with Gasteiger partial charge in [-0.1, -0.05) is 6.07 Å². The molecule has 0 aliphatic carbocycles. The summed E-state index contributed by atoms with van der Waals surface area (Å²) in [6, 6.07) is 4.95. The maximum Gasteiger partial charge on any atom is 0.244 e. The van der Waals surface area contributed by atoms with E-state index in [1.54, 1.807) is 23.9 Å². The second-order valence-electron chi connectivity index (χ2n) is 4.62. The number of aliphatic hydroxyl groups excluding tert-OH is 1. The maximum absolute atomic E-state index is 12.1. The highest BCUT2D eigenvalue weighted by molar-refractivity contribution is 7.99. The third-order valence-electron chi connectivity index (χ3n) is 2.83. The van der Waals surface area contributed by atoms with Crippen molar-refractivity contribution < 1.29 is 13.5 Å². The van der Waals surface area contributed by atoms with E-state index in [9.17, 15) is 8.42 Å². The number of nitrogens with two attached hydrogens (primary N) is 1. The molecule has 8 heteroatoms. The molecular formula is C13H23N3O3S2. The molecule has 6 nitrogen and oxygen atoms in total. The Morgan fingerprint density at radius 2 is 2.05 bits per heavy atom. The molecule has 0 aromatic heterocycles. The van der Waals surface area contributed by atoms with E-state index in [2.05, 4.69) is 5.32 Å². The van der Waals surface area contributed by atoms with Gasteiger partial charge in [0, 0.05) is 33.0 Å². The minimum atomic E-state index is -3.54. The van der Waals surface area contributed by atoms with E-state index in [-0.39, 0.29) is 17.2 Å². The zero-order valence-corrected chi connectivity index (χ0v) is 14.0. The summed E-state index contributed by atoms with van der Waals surface area (Å²) in [4.78, 5) is 0.116. The van der Waals surface area contributed by atoms with Crippen molar-refractivity contribution in [1.29, 1.82) is 0 Å². The summed E-state index contributed by atoms with van der Waals surface area (Å²) in [5.74, 6) is 1.77. The number of hydrogen-bond donors (Lipinski definition) is 3. The van der Waals surface area contributed by atoms with Gasteiger partial charge in [0.2, 0.25) is 10.0 Å². The van der Waals surface area contributed by atoms with Gasteiger partial charge in [0.1, 0.15) is 4.90 Å². The van der Waals surface area contributed by atoms with Crippen molar-refractivity contribution in [3.8, 4) is 0 Å². The first-order chi connectivity index (χ1) is 9.91. The highest BCUT2D eigenvalue weighted by Gasteiger charge is 2.21. The number of aliphatic hydroxyl groups is 1. The van der Waals surface area contributed by atoms with E-state index >= 15 is 0 Å². The van der Waals surface area contributed by atoms with E-state index in [1.807, 2.05) is 0 Å². The predicted molar refractivity (Wildman–Crippen MR) is 89.2 cm³/mol. The first-order valence-electron chi connectivity index (χ1n) is 6.64. The number of anilines is 2. The molecule has 0 aliphatic heterocycles. The number of nitrogens with zero attached hydrogens (tertiary/aromatic N) is 1. The highest BCUT2D eigenvalue weighted by Crippen LogP contribution is 2.28. The maximum atomic E-state index is 12.1. The van der Waals surface area contributed by atoms with Crippen LogP contribution in [0, 0.1) is 0 Å². The Labute approximate surface area is 130 Å². The number of thioether (sulfide) groups is 1. The van der Waals surface area contributed by atoms with Crippen molar-refractivity contribution in [2.24, 2.45) is 0 Å². The van der Waals surface area contributed by atoms with Crippen LogP contribution in [-0.2, 0) is 10.0 Å². The van der Waals surface area contributed by atoms with Crippen LogP contribution in [-0.4, -0.2) is 56.6 Å². The Morgan fingerprint density at radius 1 is 1.33 bits per heavy atom. The number of nitrogen functional groups attached to an aromatic ring is 1. The standard InChI is InChI=1S/C13H23N3O3S2/c1-16(2)21(18,19)12-6-3-5-11(13(12)14)15-7-10-20-9-4-8-17/h3,5-6,15,17H,4,7-10,14H2,1-2H3. The van der Waals surface area contributed by atoms with Gasteiger partial charge >= 0.3 is 0 Å². The molecule has 1 aromatic rings. The van der Waals surface area contributed by atoms with Gasteiger partial charge in [-0.2, -0.15) is 11.8 Å². The van der Waals surface area contributed by atoms with Crippen molar-refractivity contribution in [3.05, 3.63) is 18.2 Å². The second kappa shape index (κ2) is 8.47. The lowest BCUT2D eigenvalue weighted by Crippen LogP contribution is -2.23.